The summed E-state index contributed by atoms with van der Waals surface area (Å²) in [5, 5.41) is 3.53. The number of fused-ring (bicyclic) bond motifs is 1. The number of terminal acetylenes is 1. The third kappa shape index (κ3) is 2.35. The molecule has 1 aromatic heterocycles. The highest BCUT2D eigenvalue weighted by molar-refractivity contribution is 6.28. The van der Waals surface area contributed by atoms with Crippen molar-refractivity contribution < 1.29 is 13.9 Å². The van der Waals surface area contributed by atoms with E-state index in [-0.39, 0.29) is 41.5 Å². The van der Waals surface area contributed by atoms with Crippen LogP contribution in [-0.4, -0.2) is 33.4 Å². The smallest absolute Gasteiger partial charge is 0.351 e. The molecule has 0 atom stereocenters. The van der Waals surface area contributed by atoms with Gasteiger partial charge in [0.25, 0.3) is 5.91 Å². The molecule has 1 aromatic carbocycles. The average Bonchev–Trinajstić information content (AvgIpc) is 2.75. The first-order valence-electron chi connectivity index (χ1n) is 6.46. The lowest BCUT2D eigenvalue weighted by Gasteiger charge is -2.28. The molecule has 1 amide bonds. The van der Waals surface area contributed by atoms with Gasteiger partial charge in [0, 0.05) is 13.1 Å². The van der Waals surface area contributed by atoms with Gasteiger partial charge < -0.3 is 4.74 Å². The number of ether oxygens (including phenoxy) is 1. The van der Waals surface area contributed by atoms with Crippen molar-refractivity contribution in [1.29, 1.82) is 0 Å². The van der Waals surface area contributed by atoms with Gasteiger partial charge in [0.1, 0.15) is 5.75 Å². The Morgan fingerprint density at radius 3 is 2.78 bits per heavy atom. The Hall–Kier alpha value is -2.79. The number of rotatable bonds is 2. The molecule has 2 aromatic rings. The van der Waals surface area contributed by atoms with Crippen LogP contribution in [0, 0.1) is 18.2 Å². The normalized spacial score (nSPS) is 13.5. The summed E-state index contributed by atoms with van der Waals surface area (Å²) in [7, 11) is 1.39. The number of halogens is 2. The molecule has 0 aliphatic carbocycles. The molecule has 2 heterocycles. The van der Waals surface area contributed by atoms with Gasteiger partial charge in [-0.15, -0.1) is 11.5 Å². The van der Waals surface area contributed by atoms with E-state index in [1.807, 2.05) is 0 Å². The standard InChI is InChI=1S/C14H10ClFN4O3/c1-3-4-19-10-6-9(20-13(15)17-18(2)14(20)22)8(16)5-11(10)23-7-12(19)21/h1,5-6H,4,7H2,2H3. The maximum Gasteiger partial charge on any atom is 0.351 e. The van der Waals surface area contributed by atoms with Gasteiger partial charge in [0.2, 0.25) is 5.28 Å². The third-order valence-corrected chi connectivity index (χ3v) is 3.59. The molecule has 1 aliphatic rings. The van der Waals surface area contributed by atoms with Crippen LogP contribution in [0.2, 0.25) is 5.28 Å². The maximum atomic E-state index is 14.4. The summed E-state index contributed by atoms with van der Waals surface area (Å²) >= 11 is 5.89. The summed E-state index contributed by atoms with van der Waals surface area (Å²) in [6.07, 6.45) is 5.26. The van der Waals surface area contributed by atoms with Crippen LogP contribution in [0.5, 0.6) is 5.75 Å². The number of nitrogens with zero attached hydrogens (tertiary/aromatic N) is 4. The van der Waals surface area contributed by atoms with E-state index in [1.54, 1.807) is 0 Å². The number of aryl methyl sites for hydroxylation is 1. The van der Waals surface area contributed by atoms with Crippen molar-refractivity contribution in [2.45, 2.75) is 0 Å². The van der Waals surface area contributed by atoms with Crippen LogP contribution in [0.25, 0.3) is 5.69 Å². The minimum atomic E-state index is -0.740. The van der Waals surface area contributed by atoms with Gasteiger partial charge in [-0.2, -0.15) is 0 Å². The van der Waals surface area contributed by atoms with E-state index < -0.39 is 11.5 Å². The summed E-state index contributed by atoms with van der Waals surface area (Å²) in [6, 6.07) is 2.37. The Bertz CT molecular complexity index is 912. The third-order valence-electron chi connectivity index (χ3n) is 3.35. The largest absolute Gasteiger partial charge is 0.481 e. The number of carbonyl (C=O) groups is 1. The van der Waals surface area contributed by atoms with Crippen molar-refractivity contribution in [2.75, 3.05) is 18.1 Å². The Morgan fingerprint density at radius 1 is 1.43 bits per heavy atom. The topological polar surface area (TPSA) is 69.4 Å². The number of anilines is 1. The highest BCUT2D eigenvalue weighted by Crippen LogP contribution is 2.35. The summed E-state index contributed by atoms with van der Waals surface area (Å²) in [6.45, 7) is -0.239. The molecular formula is C14H10ClFN4O3. The van der Waals surface area contributed by atoms with Crippen LogP contribution in [0.1, 0.15) is 0 Å². The van der Waals surface area contributed by atoms with E-state index in [1.165, 1.54) is 18.0 Å². The molecule has 118 valence electrons. The zero-order valence-electron chi connectivity index (χ0n) is 11.9. The minimum absolute atomic E-state index is 0.00403. The Balaban J connectivity index is 2.23. The second-order valence-corrected chi connectivity index (χ2v) is 5.09. The first kappa shape index (κ1) is 15.1. The summed E-state index contributed by atoms with van der Waals surface area (Å²) in [5.41, 5.74) is -0.505. The highest BCUT2D eigenvalue weighted by atomic mass is 35.5. The number of aromatic nitrogens is 3. The molecule has 0 fully saturated rings. The lowest BCUT2D eigenvalue weighted by Crippen LogP contribution is -2.39. The van der Waals surface area contributed by atoms with E-state index in [0.717, 1.165) is 15.3 Å². The van der Waals surface area contributed by atoms with Gasteiger partial charge in [-0.05, 0) is 17.7 Å². The fraction of sp³-hybridized carbons (Fsp3) is 0.214. The predicted molar refractivity (Wildman–Crippen MR) is 80.5 cm³/mol. The molecule has 1 aliphatic heterocycles. The van der Waals surface area contributed by atoms with Crippen molar-refractivity contribution in [3.05, 3.63) is 33.7 Å². The van der Waals surface area contributed by atoms with Crippen molar-refractivity contribution >= 4 is 23.2 Å². The monoisotopic (exact) mass is 336 g/mol. The van der Waals surface area contributed by atoms with Gasteiger partial charge >= 0.3 is 5.69 Å². The average molecular weight is 337 g/mol. The Labute approximate surface area is 134 Å². The molecule has 0 unspecified atom stereocenters. The van der Waals surface area contributed by atoms with Crippen LogP contribution in [0.15, 0.2) is 16.9 Å². The van der Waals surface area contributed by atoms with Crippen molar-refractivity contribution in [3.63, 3.8) is 0 Å². The number of hydrogen-bond acceptors (Lipinski definition) is 4. The predicted octanol–water partition coefficient (Wildman–Crippen LogP) is 0.722. The molecule has 0 spiro atoms. The fourth-order valence-corrected chi connectivity index (χ4v) is 2.56. The molecule has 9 heteroatoms. The lowest BCUT2D eigenvalue weighted by molar-refractivity contribution is -0.121. The molecule has 3 rings (SSSR count). The molecule has 0 radical (unpaired) electrons. The van der Waals surface area contributed by atoms with E-state index in [4.69, 9.17) is 22.8 Å². The molecule has 0 saturated carbocycles. The molecule has 0 bridgehead atoms. The fourth-order valence-electron chi connectivity index (χ4n) is 2.28. The summed E-state index contributed by atoms with van der Waals surface area (Å²) < 4.78 is 21.4. The molecule has 23 heavy (non-hydrogen) atoms. The van der Waals surface area contributed by atoms with Gasteiger partial charge in [-0.1, -0.05) is 5.92 Å². The van der Waals surface area contributed by atoms with E-state index >= 15 is 0 Å². The summed E-state index contributed by atoms with van der Waals surface area (Å²) in [4.78, 5) is 25.2. The Kier molecular flexibility index (Phi) is 3.58. The minimum Gasteiger partial charge on any atom is -0.481 e. The highest BCUT2D eigenvalue weighted by Gasteiger charge is 2.28. The number of benzene rings is 1. The SMILES string of the molecule is C#CCN1C(=O)COc2cc(F)c(-n3c(Cl)nn(C)c3=O)cc21. The van der Waals surface area contributed by atoms with Crippen LogP contribution in [-0.2, 0) is 11.8 Å². The van der Waals surface area contributed by atoms with Crippen molar-refractivity contribution in [2.24, 2.45) is 7.05 Å². The number of hydrogen-bond donors (Lipinski definition) is 0. The van der Waals surface area contributed by atoms with E-state index in [9.17, 15) is 14.0 Å². The molecule has 0 saturated heterocycles. The van der Waals surface area contributed by atoms with Crippen LogP contribution in [0.3, 0.4) is 0 Å². The van der Waals surface area contributed by atoms with Crippen LogP contribution in [0.4, 0.5) is 10.1 Å². The van der Waals surface area contributed by atoms with Gasteiger partial charge in [0.05, 0.1) is 17.9 Å². The molecule has 0 N–H and O–H groups in total. The van der Waals surface area contributed by atoms with Crippen LogP contribution < -0.4 is 15.3 Å². The first-order chi connectivity index (χ1) is 10.9. The second kappa shape index (κ2) is 5.44. The zero-order chi connectivity index (χ0) is 16.7. The maximum absolute atomic E-state index is 14.4. The lowest BCUT2D eigenvalue weighted by atomic mass is 10.2. The quantitative estimate of drug-likeness (QED) is 0.758. The first-order valence-corrected chi connectivity index (χ1v) is 6.84. The van der Waals surface area contributed by atoms with Gasteiger partial charge in [-0.25, -0.2) is 18.4 Å². The zero-order valence-corrected chi connectivity index (χ0v) is 12.7. The Morgan fingerprint density at radius 2 is 2.17 bits per heavy atom. The van der Waals surface area contributed by atoms with Crippen molar-refractivity contribution in [3.8, 4) is 23.8 Å². The number of amides is 1. The van der Waals surface area contributed by atoms with E-state index in [2.05, 4.69) is 11.0 Å². The number of carbonyl (C=O) groups excluding carboxylic acids is 1. The summed E-state index contributed by atoms with van der Waals surface area (Å²) in [5.74, 6) is 1.41. The molecule has 7 nitrogen and oxygen atoms in total. The molecular weight excluding hydrogens is 327 g/mol. The van der Waals surface area contributed by atoms with Crippen molar-refractivity contribution in [1.82, 2.24) is 14.3 Å². The van der Waals surface area contributed by atoms with Crippen LogP contribution >= 0.6 is 11.6 Å². The van der Waals surface area contributed by atoms with Gasteiger partial charge in [-0.3, -0.25) is 9.69 Å². The van der Waals surface area contributed by atoms with E-state index in [0.29, 0.717) is 0 Å². The van der Waals surface area contributed by atoms with Gasteiger partial charge in [0.15, 0.2) is 12.4 Å². The second-order valence-electron chi connectivity index (χ2n) is 4.75.